The summed E-state index contributed by atoms with van der Waals surface area (Å²) < 4.78 is 35.5. The van der Waals surface area contributed by atoms with Crippen molar-refractivity contribution in [2.24, 2.45) is 5.92 Å². The fourth-order valence-corrected chi connectivity index (χ4v) is 2.00. The van der Waals surface area contributed by atoms with E-state index < -0.39 is 17.2 Å². The Hall–Kier alpha value is -0.140. The summed E-state index contributed by atoms with van der Waals surface area (Å²) in [7, 11) is 0. The number of amides is 1. The molecule has 1 fully saturated rings. The Labute approximate surface area is 109 Å². The molecule has 0 spiro atoms. The van der Waals surface area contributed by atoms with Gasteiger partial charge in [0.15, 0.2) is 0 Å². The number of carbonyl (C=O) groups is 1. The van der Waals surface area contributed by atoms with Crippen LogP contribution in [0.3, 0.4) is 0 Å². The van der Waals surface area contributed by atoms with E-state index in [-0.39, 0.29) is 36.1 Å². The maximum absolute atomic E-state index is 11.8. The number of hydrogen-bond acceptors (Lipinski definition) is 3. The second-order valence-electron chi connectivity index (χ2n) is 3.88. The number of carbonyl (C=O) groups excluding carboxylic acids is 1. The molecular formula is C9H16ClF3N2OS. The molecule has 1 saturated heterocycles. The van der Waals surface area contributed by atoms with Gasteiger partial charge in [0.2, 0.25) is 5.91 Å². The topological polar surface area (TPSA) is 41.1 Å². The summed E-state index contributed by atoms with van der Waals surface area (Å²) in [6.07, 6.45) is 0.767. The Kier molecular flexibility index (Phi) is 7.27. The Morgan fingerprint density at radius 2 is 2.18 bits per heavy atom. The van der Waals surface area contributed by atoms with Crippen molar-refractivity contribution in [3.05, 3.63) is 0 Å². The largest absolute Gasteiger partial charge is 0.442 e. The molecule has 102 valence electrons. The van der Waals surface area contributed by atoms with Crippen molar-refractivity contribution in [3.8, 4) is 0 Å². The number of halogens is 4. The molecule has 0 saturated carbocycles. The highest BCUT2D eigenvalue weighted by Gasteiger charge is 2.30. The van der Waals surface area contributed by atoms with Gasteiger partial charge in [0.05, 0.1) is 5.75 Å². The van der Waals surface area contributed by atoms with E-state index in [1.165, 1.54) is 0 Å². The molecule has 0 aliphatic carbocycles. The van der Waals surface area contributed by atoms with Crippen molar-refractivity contribution >= 4 is 30.1 Å². The van der Waals surface area contributed by atoms with Crippen molar-refractivity contribution in [1.82, 2.24) is 10.6 Å². The van der Waals surface area contributed by atoms with Crippen LogP contribution < -0.4 is 10.6 Å². The zero-order valence-corrected chi connectivity index (χ0v) is 11.0. The van der Waals surface area contributed by atoms with Crippen LogP contribution in [0.15, 0.2) is 0 Å². The molecule has 0 radical (unpaired) electrons. The van der Waals surface area contributed by atoms with Gasteiger partial charge in [0.25, 0.3) is 0 Å². The molecule has 8 heteroatoms. The van der Waals surface area contributed by atoms with Crippen molar-refractivity contribution in [1.29, 1.82) is 0 Å². The highest BCUT2D eigenvalue weighted by molar-refractivity contribution is 8.00. The van der Waals surface area contributed by atoms with Gasteiger partial charge in [-0.15, -0.1) is 12.4 Å². The van der Waals surface area contributed by atoms with E-state index in [2.05, 4.69) is 10.6 Å². The smallest absolute Gasteiger partial charge is 0.352 e. The van der Waals surface area contributed by atoms with Gasteiger partial charge in [0.1, 0.15) is 0 Å². The van der Waals surface area contributed by atoms with Gasteiger partial charge in [-0.25, -0.2) is 0 Å². The van der Waals surface area contributed by atoms with Gasteiger partial charge in [0, 0.05) is 6.04 Å². The fourth-order valence-electron chi connectivity index (χ4n) is 1.62. The minimum Gasteiger partial charge on any atom is -0.352 e. The Morgan fingerprint density at radius 3 is 2.71 bits per heavy atom. The van der Waals surface area contributed by atoms with Crippen molar-refractivity contribution in [2.75, 3.05) is 18.8 Å². The number of hydrogen-bond donors (Lipinski definition) is 2. The van der Waals surface area contributed by atoms with Gasteiger partial charge < -0.3 is 10.6 Å². The van der Waals surface area contributed by atoms with E-state index in [9.17, 15) is 18.0 Å². The summed E-state index contributed by atoms with van der Waals surface area (Å²) in [5.41, 5.74) is -4.34. The van der Waals surface area contributed by atoms with E-state index in [4.69, 9.17) is 0 Å². The molecule has 2 N–H and O–H groups in total. The molecule has 0 aromatic heterocycles. The molecule has 1 rings (SSSR count). The first kappa shape index (κ1) is 16.9. The molecule has 1 aliphatic rings. The maximum atomic E-state index is 11.8. The number of piperidine rings is 1. The third-order valence-electron chi connectivity index (χ3n) is 2.50. The number of thioether (sulfide) groups is 1. The molecule has 17 heavy (non-hydrogen) atoms. The summed E-state index contributed by atoms with van der Waals surface area (Å²) >= 11 is -0.296. The first-order chi connectivity index (χ1) is 7.38. The van der Waals surface area contributed by atoms with Crippen molar-refractivity contribution in [2.45, 2.75) is 24.9 Å². The standard InChI is InChI=1S/C9H15F3N2OS.ClH/c1-6-4-13-3-2-7(6)14-8(15)5-16-9(10,11)12;/h6-7,13H,2-5H2,1H3,(H,14,15);1H. The van der Waals surface area contributed by atoms with Gasteiger partial charge >= 0.3 is 5.51 Å². The van der Waals surface area contributed by atoms with Crippen LogP contribution in [0.4, 0.5) is 13.2 Å². The summed E-state index contributed by atoms with van der Waals surface area (Å²) in [5, 5.41) is 5.80. The van der Waals surface area contributed by atoms with Crippen molar-refractivity contribution < 1.29 is 18.0 Å². The summed E-state index contributed by atoms with van der Waals surface area (Å²) in [6, 6.07) is -0.0115. The Bertz CT molecular complexity index is 253. The average molecular weight is 293 g/mol. The third kappa shape index (κ3) is 7.00. The monoisotopic (exact) mass is 292 g/mol. The lowest BCUT2D eigenvalue weighted by molar-refractivity contribution is -0.120. The molecule has 2 unspecified atom stereocenters. The van der Waals surface area contributed by atoms with Crippen molar-refractivity contribution in [3.63, 3.8) is 0 Å². The van der Waals surface area contributed by atoms with E-state index in [0.717, 1.165) is 19.5 Å². The lowest BCUT2D eigenvalue weighted by Gasteiger charge is -2.30. The van der Waals surface area contributed by atoms with E-state index in [1.54, 1.807) is 0 Å². The Morgan fingerprint density at radius 1 is 1.53 bits per heavy atom. The molecule has 2 atom stereocenters. The van der Waals surface area contributed by atoms with Gasteiger partial charge in [-0.3, -0.25) is 4.79 Å². The molecule has 0 aromatic rings. The second kappa shape index (κ2) is 7.33. The summed E-state index contributed by atoms with van der Waals surface area (Å²) in [4.78, 5) is 11.3. The van der Waals surface area contributed by atoms with E-state index in [0.29, 0.717) is 0 Å². The van der Waals surface area contributed by atoms with Crippen LogP contribution in [-0.4, -0.2) is 36.3 Å². The first-order valence-electron chi connectivity index (χ1n) is 5.09. The van der Waals surface area contributed by atoms with E-state index >= 15 is 0 Å². The summed E-state index contributed by atoms with van der Waals surface area (Å²) in [6.45, 7) is 3.55. The first-order valence-corrected chi connectivity index (χ1v) is 6.08. The normalized spacial score (nSPS) is 24.9. The zero-order valence-electron chi connectivity index (χ0n) is 9.34. The molecular weight excluding hydrogens is 277 g/mol. The molecule has 1 aliphatic heterocycles. The maximum Gasteiger partial charge on any atom is 0.442 e. The average Bonchev–Trinajstić information content (AvgIpc) is 2.18. The minimum absolute atomic E-state index is 0. The van der Waals surface area contributed by atoms with Crippen LogP contribution in [0.1, 0.15) is 13.3 Å². The summed E-state index contributed by atoms with van der Waals surface area (Å²) in [5.74, 6) is -0.838. The van der Waals surface area contributed by atoms with Gasteiger partial charge in [-0.2, -0.15) is 13.2 Å². The molecule has 1 heterocycles. The highest BCUT2D eigenvalue weighted by atomic mass is 35.5. The SMILES string of the molecule is CC1CNCCC1NC(=O)CSC(F)(F)F.Cl. The fraction of sp³-hybridized carbons (Fsp3) is 0.889. The van der Waals surface area contributed by atoms with Crippen LogP contribution in [0.2, 0.25) is 0 Å². The third-order valence-corrected chi connectivity index (χ3v) is 3.23. The predicted octanol–water partition coefficient (Wildman–Crippen LogP) is 1.78. The van der Waals surface area contributed by atoms with Crippen LogP contribution in [0, 0.1) is 5.92 Å². The predicted molar refractivity (Wildman–Crippen MR) is 64.3 cm³/mol. The number of nitrogens with one attached hydrogen (secondary N) is 2. The molecule has 1 amide bonds. The quantitative estimate of drug-likeness (QED) is 0.833. The minimum atomic E-state index is -4.34. The van der Waals surface area contributed by atoms with Crippen LogP contribution in [0.5, 0.6) is 0 Å². The molecule has 3 nitrogen and oxygen atoms in total. The van der Waals surface area contributed by atoms with Gasteiger partial charge in [-0.1, -0.05) is 6.92 Å². The van der Waals surface area contributed by atoms with Gasteiger partial charge in [-0.05, 0) is 37.2 Å². The highest BCUT2D eigenvalue weighted by Crippen LogP contribution is 2.29. The Balaban J connectivity index is 0.00000256. The second-order valence-corrected chi connectivity index (χ2v) is 4.92. The van der Waals surface area contributed by atoms with Crippen LogP contribution in [0.25, 0.3) is 0 Å². The lowest BCUT2D eigenvalue weighted by Crippen LogP contribution is -2.48. The van der Waals surface area contributed by atoms with Crippen LogP contribution >= 0.6 is 24.2 Å². The lowest BCUT2D eigenvalue weighted by atomic mass is 9.95. The number of alkyl halides is 3. The zero-order chi connectivity index (χ0) is 12.2. The molecule has 0 aromatic carbocycles. The molecule has 0 bridgehead atoms. The van der Waals surface area contributed by atoms with E-state index in [1.807, 2.05) is 6.92 Å². The van der Waals surface area contributed by atoms with Crippen LogP contribution in [-0.2, 0) is 4.79 Å². The number of rotatable bonds is 3.